The summed E-state index contributed by atoms with van der Waals surface area (Å²) in [6.45, 7) is 6.47. The van der Waals surface area contributed by atoms with Gasteiger partial charge in [0.05, 0.1) is 30.5 Å². The molecular formula is C27H27N3O5S. The topological polar surface area (TPSA) is 99.5 Å². The lowest BCUT2D eigenvalue weighted by Gasteiger charge is -2.09. The van der Waals surface area contributed by atoms with E-state index >= 15 is 0 Å². The van der Waals surface area contributed by atoms with E-state index in [-0.39, 0.29) is 12.1 Å². The number of aromatic nitrogens is 2. The second kappa shape index (κ2) is 11.2. The van der Waals surface area contributed by atoms with Crippen LogP contribution in [0.3, 0.4) is 0 Å². The van der Waals surface area contributed by atoms with E-state index in [1.54, 1.807) is 24.3 Å². The van der Waals surface area contributed by atoms with Crippen LogP contribution in [0, 0.1) is 6.92 Å². The first-order valence-corrected chi connectivity index (χ1v) is 12.5. The van der Waals surface area contributed by atoms with Crippen LogP contribution in [0.5, 0.6) is 5.75 Å². The fourth-order valence-electron chi connectivity index (χ4n) is 3.84. The summed E-state index contributed by atoms with van der Waals surface area (Å²) in [5.41, 5.74) is 2.18. The van der Waals surface area contributed by atoms with Crippen LogP contribution < -0.4 is 15.6 Å². The minimum Gasteiger partial charge on any atom is -0.494 e. The Bertz CT molecular complexity index is 1460. The van der Waals surface area contributed by atoms with E-state index in [0.717, 1.165) is 28.2 Å². The Hall–Kier alpha value is -3.98. The number of carbonyl (C=O) groups is 2. The van der Waals surface area contributed by atoms with E-state index in [1.807, 2.05) is 45.0 Å². The van der Waals surface area contributed by atoms with Crippen molar-refractivity contribution in [3.63, 3.8) is 0 Å². The van der Waals surface area contributed by atoms with Crippen LogP contribution in [0.15, 0.2) is 59.7 Å². The van der Waals surface area contributed by atoms with Gasteiger partial charge in [0.1, 0.15) is 17.1 Å². The number of aryl methyl sites for hydroxylation is 1. The second-order valence-electron chi connectivity index (χ2n) is 8.11. The van der Waals surface area contributed by atoms with Gasteiger partial charge in [0, 0.05) is 16.1 Å². The molecule has 186 valence electrons. The number of hydrogen-bond donors (Lipinski definition) is 1. The van der Waals surface area contributed by atoms with Gasteiger partial charge >= 0.3 is 5.97 Å². The maximum atomic E-state index is 13.4. The predicted molar refractivity (Wildman–Crippen MR) is 141 cm³/mol. The number of nitrogens with zero attached hydrogens (tertiary/aromatic N) is 2. The summed E-state index contributed by atoms with van der Waals surface area (Å²) < 4.78 is 12.0. The maximum absolute atomic E-state index is 13.4. The Kier molecular flexibility index (Phi) is 7.80. The molecular weight excluding hydrogens is 478 g/mol. The largest absolute Gasteiger partial charge is 0.494 e. The molecule has 0 saturated heterocycles. The fraction of sp³-hybridized carbons (Fsp3) is 0.259. The van der Waals surface area contributed by atoms with Crippen molar-refractivity contribution >= 4 is 39.1 Å². The summed E-state index contributed by atoms with van der Waals surface area (Å²) >= 11 is 1.44. The minimum atomic E-state index is -0.450. The number of rotatable bonds is 9. The third kappa shape index (κ3) is 5.46. The number of esters is 1. The Morgan fingerprint density at radius 2 is 1.89 bits per heavy atom. The molecule has 0 aliphatic heterocycles. The molecule has 2 heterocycles. The van der Waals surface area contributed by atoms with E-state index < -0.39 is 11.9 Å². The molecule has 2 aromatic carbocycles. The molecule has 4 rings (SSSR count). The third-order valence-electron chi connectivity index (χ3n) is 5.44. The second-order valence-corrected chi connectivity index (χ2v) is 9.32. The highest BCUT2D eigenvalue weighted by Crippen LogP contribution is 2.36. The van der Waals surface area contributed by atoms with Gasteiger partial charge in [0.25, 0.3) is 5.56 Å². The lowest BCUT2D eigenvalue weighted by Crippen LogP contribution is -2.27. The molecule has 0 bridgehead atoms. The Morgan fingerprint density at radius 3 is 2.61 bits per heavy atom. The number of ether oxygens (including phenoxy) is 2. The van der Waals surface area contributed by atoms with Crippen molar-refractivity contribution < 1.29 is 19.1 Å². The molecule has 0 atom stereocenters. The first kappa shape index (κ1) is 25.1. The summed E-state index contributed by atoms with van der Waals surface area (Å²) in [5.74, 6) is -0.103. The molecule has 0 aliphatic carbocycles. The quantitative estimate of drug-likeness (QED) is 0.320. The standard InChI is InChI=1S/C27H27N3O5S/c1-4-13-35-27(33)19-7-6-8-20(14-19)29-22(31)15-30-16-28-25-24(26(30)32)23(17(3)36-25)18-9-11-21(12-10-18)34-5-2/h6-12,14,16H,4-5,13,15H2,1-3H3,(H,29,31). The van der Waals surface area contributed by atoms with Gasteiger partial charge in [-0.15, -0.1) is 11.3 Å². The van der Waals surface area contributed by atoms with Crippen LogP contribution in [0.1, 0.15) is 35.5 Å². The van der Waals surface area contributed by atoms with Gasteiger partial charge in [-0.2, -0.15) is 0 Å². The fourth-order valence-corrected chi connectivity index (χ4v) is 4.84. The molecule has 36 heavy (non-hydrogen) atoms. The zero-order valence-corrected chi connectivity index (χ0v) is 21.2. The van der Waals surface area contributed by atoms with Crippen LogP contribution in [0.4, 0.5) is 5.69 Å². The average Bonchev–Trinajstić information content (AvgIpc) is 3.21. The van der Waals surface area contributed by atoms with E-state index in [1.165, 1.54) is 22.2 Å². The number of amides is 1. The van der Waals surface area contributed by atoms with Gasteiger partial charge in [0.15, 0.2) is 0 Å². The average molecular weight is 506 g/mol. The summed E-state index contributed by atoms with van der Waals surface area (Å²) in [6, 6.07) is 14.1. The highest BCUT2D eigenvalue weighted by molar-refractivity contribution is 7.19. The minimum absolute atomic E-state index is 0.218. The number of carbonyl (C=O) groups excluding carboxylic acids is 2. The molecule has 8 nitrogen and oxygen atoms in total. The summed E-state index contributed by atoms with van der Waals surface area (Å²) in [7, 11) is 0. The summed E-state index contributed by atoms with van der Waals surface area (Å²) in [5, 5.41) is 3.23. The van der Waals surface area contributed by atoms with Gasteiger partial charge in [-0.05, 0) is 56.2 Å². The smallest absolute Gasteiger partial charge is 0.338 e. The summed E-state index contributed by atoms with van der Waals surface area (Å²) in [6.07, 6.45) is 2.11. The summed E-state index contributed by atoms with van der Waals surface area (Å²) in [4.78, 5) is 44.3. The number of nitrogens with one attached hydrogen (secondary N) is 1. The maximum Gasteiger partial charge on any atom is 0.338 e. The van der Waals surface area contributed by atoms with Crippen LogP contribution in [-0.2, 0) is 16.1 Å². The van der Waals surface area contributed by atoms with E-state index in [2.05, 4.69) is 10.3 Å². The van der Waals surface area contributed by atoms with Crippen molar-refractivity contribution in [2.75, 3.05) is 18.5 Å². The van der Waals surface area contributed by atoms with Gasteiger partial charge in [0.2, 0.25) is 5.91 Å². The van der Waals surface area contributed by atoms with Gasteiger partial charge in [-0.3, -0.25) is 14.2 Å². The molecule has 0 spiro atoms. The molecule has 0 aliphatic rings. The van der Waals surface area contributed by atoms with Gasteiger partial charge in [-0.1, -0.05) is 25.1 Å². The van der Waals surface area contributed by atoms with Crippen molar-refractivity contribution in [2.24, 2.45) is 0 Å². The number of hydrogen-bond acceptors (Lipinski definition) is 7. The third-order valence-corrected chi connectivity index (χ3v) is 6.46. The molecule has 0 fully saturated rings. The monoisotopic (exact) mass is 505 g/mol. The van der Waals surface area contributed by atoms with Crippen molar-refractivity contribution in [3.8, 4) is 16.9 Å². The van der Waals surface area contributed by atoms with Gasteiger partial charge in [-0.25, -0.2) is 9.78 Å². The Labute approximate surface area is 212 Å². The van der Waals surface area contributed by atoms with Crippen molar-refractivity contribution in [3.05, 3.63) is 75.7 Å². The molecule has 1 N–H and O–H groups in total. The number of thiophene rings is 1. The van der Waals surface area contributed by atoms with Crippen LogP contribution in [-0.4, -0.2) is 34.6 Å². The van der Waals surface area contributed by atoms with Crippen LogP contribution in [0.25, 0.3) is 21.3 Å². The van der Waals surface area contributed by atoms with Crippen molar-refractivity contribution in [1.29, 1.82) is 0 Å². The molecule has 0 saturated carbocycles. The van der Waals surface area contributed by atoms with Crippen LogP contribution >= 0.6 is 11.3 Å². The Balaban J connectivity index is 1.57. The first-order valence-electron chi connectivity index (χ1n) is 11.7. The SMILES string of the molecule is CCCOC(=O)c1cccc(NC(=O)Cn2cnc3sc(C)c(-c4ccc(OCC)cc4)c3c2=O)c1. The van der Waals surface area contributed by atoms with Gasteiger partial charge < -0.3 is 14.8 Å². The van der Waals surface area contributed by atoms with Crippen molar-refractivity contribution in [2.45, 2.75) is 33.7 Å². The molecule has 2 aromatic heterocycles. The van der Waals surface area contributed by atoms with E-state index in [0.29, 0.717) is 34.7 Å². The number of anilines is 1. The van der Waals surface area contributed by atoms with E-state index in [9.17, 15) is 14.4 Å². The molecule has 4 aromatic rings. The first-order chi connectivity index (χ1) is 17.4. The number of benzene rings is 2. The van der Waals surface area contributed by atoms with Crippen molar-refractivity contribution in [1.82, 2.24) is 9.55 Å². The molecule has 0 radical (unpaired) electrons. The zero-order chi connectivity index (χ0) is 25.7. The predicted octanol–water partition coefficient (Wildman–Crippen LogP) is 5.04. The highest BCUT2D eigenvalue weighted by Gasteiger charge is 2.18. The van der Waals surface area contributed by atoms with Crippen LogP contribution in [0.2, 0.25) is 0 Å². The normalized spacial score (nSPS) is 10.9. The molecule has 1 amide bonds. The highest BCUT2D eigenvalue weighted by atomic mass is 32.1. The molecule has 0 unspecified atom stereocenters. The lowest BCUT2D eigenvalue weighted by atomic mass is 10.0. The zero-order valence-electron chi connectivity index (χ0n) is 20.4. The molecule has 9 heteroatoms. The number of fused-ring (bicyclic) bond motifs is 1. The Morgan fingerprint density at radius 1 is 1.11 bits per heavy atom. The van der Waals surface area contributed by atoms with E-state index in [4.69, 9.17) is 9.47 Å². The lowest BCUT2D eigenvalue weighted by molar-refractivity contribution is -0.116.